The maximum atomic E-state index is 9.76. The van der Waals surface area contributed by atoms with E-state index < -0.39 is 0 Å². The summed E-state index contributed by atoms with van der Waals surface area (Å²) in [7, 11) is 0. The van der Waals surface area contributed by atoms with Crippen LogP contribution < -0.4 is 0 Å². The first-order chi connectivity index (χ1) is 21.2. The fourth-order valence-corrected chi connectivity index (χ4v) is 5.11. The van der Waals surface area contributed by atoms with Crippen LogP contribution in [0.15, 0.2) is 105 Å². The number of hydrogen-bond acceptors (Lipinski definition) is 8. The number of benzene rings is 2. The summed E-state index contributed by atoms with van der Waals surface area (Å²) >= 11 is 0. The van der Waals surface area contributed by atoms with Crippen LogP contribution in [0.2, 0.25) is 0 Å². The van der Waals surface area contributed by atoms with Gasteiger partial charge in [0.1, 0.15) is 11.5 Å². The molecule has 1 aliphatic rings. The molecule has 2 N–H and O–H groups in total. The van der Waals surface area contributed by atoms with Gasteiger partial charge in [-0.2, -0.15) is 0 Å². The van der Waals surface area contributed by atoms with Crippen molar-refractivity contribution in [2.24, 2.45) is 20.0 Å². The molecule has 44 heavy (non-hydrogen) atoms. The van der Waals surface area contributed by atoms with Crippen LogP contribution in [-0.4, -0.2) is 68.2 Å². The molecule has 1 aliphatic heterocycles. The van der Waals surface area contributed by atoms with Gasteiger partial charge in [-0.1, -0.05) is 36.4 Å². The zero-order valence-electron chi connectivity index (χ0n) is 25.6. The molecule has 5 rings (SSSR count). The third-order valence-corrected chi connectivity index (χ3v) is 7.63. The third-order valence-electron chi connectivity index (χ3n) is 7.63. The van der Waals surface area contributed by atoms with E-state index in [4.69, 9.17) is 29.9 Å². The lowest BCUT2D eigenvalue weighted by Gasteiger charge is -2.15. The van der Waals surface area contributed by atoms with Gasteiger partial charge in [0.25, 0.3) is 0 Å². The van der Waals surface area contributed by atoms with Crippen molar-refractivity contribution in [3.8, 4) is 11.5 Å². The van der Waals surface area contributed by atoms with E-state index in [1.807, 2.05) is 88.4 Å². The molecule has 2 aromatic carbocycles. The van der Waals surface area contributed by atoms with E-state index in [-0.39, 0.29) is 23.6 Å². The van der Waals surface area contributed by atoms with E-state index in [9.17, 15) is 10.2 Å². The lowest BCUT2D eigenvalue weighted by Crippen LogP contribution is -2.19. The Morgan fingerprint density at radius 3 is 1.20 bits per heavy atom. The van der Waals surface area contributed by atoms with Gasteiger partial charge in [-0.15, -0.1) is 0 Å². The number of phenols is 2. The first-order valence-corrected chi connectivity index (χ1v) is 14.9. The number of rotatable bonds is 4. The first kappa shape index (κ1) is 30.5. The molecule has 2 atom stereocenters. The summed E-state index contributed by atoms with van der Waals surface area (Å²) in [6, 6.07) is 26.0. The van der Waals surface area contributed by atoms with Crippen LogP contribution in [0.25, 0.3) is 0 Å². The van der Waals surface area contributed by atoms with Crippen LogP contribution in [-0.2, 0) is 12.8 Å². The summed E-state index contributed by atoms with van der Waals surface area (Å²) in [5, 5.41) is 19.5. The lowest BCUT2D eigenvalue weighted by molar-refractivity contribution is 0.474. The molecule has 8 nitrogen and oxygen atoms in total. The highest BCUT2D eigenvalue weighted by molar-refractivity contribution is 6.02. The molecule has 0 radical (unpaired) electrons. The SMILES string of the molecule is CC1=NCC(Cc2ccc(O)cc2)N=C(C)c2cccc(n2)C(C)=NCC(Cc2ccc(O)cc2)N=C(C)c2cccc1n2. The molecule has 0 fully saturated rings. The minimum Gasteiger partial charge on any atom is -0.508 e. The second-order valence-electron chi connectivity index (χ2n) is 11.1. The van der Waals surface area contributed by atoms with Crippen molar-refractivity contribution in [3.63, 3.8) is 0 Å². The zero-order chi connectivity index (χ0) is 31.1. The summed E-state index contributed by atoms with van der Waals surface area (Å²) in [6.07, 6.45) is 1.33. The van der Waals surface area contributed by atoms with Gasteiger partial charge in [0.2, 0.25) is 0 Å². The molecule has 0 saturated carbocycles. The van der Waals surface area contributed by atoms with Crippen molar-refractivity contribution in [2.45, 2.75) is 52.6 Å². The van der Waals surface area contributed by atoms with E-state index in [2.05, 4.69) is 0 Å². The van der Waals surface area contributed by atoms with E-state index in [0.717, 1.165) is 56.7 Å². The Morgan fingerprint density at radius 2 is 0.841 bits per heavy atom. The van der Waals surface area contributed by atoms with Gasteiger partial charge in [-0.25, -0.2) is 9.97 Å². The summed E-state index contributed by atoms with van der Waals surface area (Å²) in [5.74, 6) is 0.475. The van der Waals surface area contributed by atoms with Crippen LogP contribution in [0.5, 0.6) is 11.5 Å². The molecule has 4 aromatic rings. The quantitative estimate of drug-likeness (QED) is 0.302. The van der Waals surface area contributed by atoms with E-state index >= 15 is 0 Å². The molecule has 0 saturated heterocycles. The standard InChI is InChI=1S/C36H38N6O2/c1-23-33-7-5-9-35(41-33)25(3)40-30(20-28-13-17-32(44)18-14-28)22-38-24(2)34-8-6-10-36(42-34)26(4)39-29(21-37-23)19-27-11-15-31(43)16-12-27/h5-18,29-30,43-44H,19-22H2,1-4H3. The number of fused-ring (bicyclic) bond motifs is 4. The Hall–Kier alpha value is -4.98. The van der Waals surface area contributed by atoms with Crippen molar-refractivity contribution in [2.75, 3.05) is 13.1 Å². The second-order valence-corrected chi connectivity index (χ2v) is 11.1. The number of nitrogens with zero attached hydrogens (tertiary/aromatic N) is 6. The second kappa shape index (κ2) is 14.0. The Balaban J connectivity index is 1.55. The van der Waals surface area contributed by atoms with Crippen molar-refractivity contribution in [1.29, 1.82) is 0 Å². The Labute approximate surface area is 258 Å². The molecule has 224 valence electrons. The van der Waals surface area contributed by atoms with Crippen LogP contribution in [0.4, 0.5) is 0 Å². The van der Waals surface area contributed by atoms with Crippen LogP contribution in [0.1, 0.15) is 61.6 Å². The van der Waals surface area contributed by atoms with Gasteiger partial charge in [0.15, 0.2) is 0 Å². The largest absolute Gasteiger partial charge is 0.508 e. The average Bonchev–Trinajstić information content (AvgIpc) is 3.04. The minimum absolute atomic E-state index is 0.138. The monoisotopic (exact) mass is 586 g/mol. The summed E-state index contributed by atoms with van der Waals surface area (Å²) in [5.41, 5.74) is 8.59. The van der Waals surface area contributed by atoms with Gasteiger partial charge >= 0.3 is 0 Å². The highest BCUT2D eigenvalue weighted by Gasteiger charge is 2.15. The van der Waals surface area contributed by atoms with Crippen LogP contribution >= 0.6 is 0 Å². The third kappa shape index (κ3) is 8.10. The predicted octanol–water partition coefficient (Wildman–Crippen LogP) is 6.06. The topological polar surface area (TPSA) is 116 Å². The molecule has 8 heteroatoms. The molecule has 0 spiro atoms. The van der Waals surface area contributed by atoms with Gasteiger partial charge in [-0.3, -0.25) is 20.0 Å². The molecule has 2 aromatic heterocycles. The first-order valence-electron chi connectivity index (χ1n) is 14.9. The van der Waals surface area contributed by atoms with Crippen LogP contribution in [0.3, 0.4) is 0 Å². The number of aliphatic imine (C=N–C) groups is 4. The van der Waals surface area contributed by atoms with Gasteiger partial charge in [-0.05, 0) is 100 Å². The van der Waals surface area contributed by atoms with Crippen molar-refractivity contribution in [3.05, 3.63) is 119 Å². The maximum Gasteiger partial charge on any atom is 0.115 e. The molecule has 0 amide bonds. The number of aromatic hydroxyl groups is 2. The zero-order valence-corrected chi connectivity index (χ0v) is 25.6. The molecule has 0 aliphatic carbocycles. The molecule has 2 unspecified atom stereocenters. The summed E-state index contributed by atoms with van der Waals surface area (Å²) in [4.78, 5) is 29.9. The smallest absolute Gasteiger partial charge is 0.115 e. The van der Waals surface area contributed by atoms with Crippen molar-refractivity contribution < 1.29 is 10.2 Å². The minimum atomic E-state index is -0.138. The number of hydrogen-bond donors (Lipinski definition) is 2. The van der Waals surface area contributed by atoms with Crippen molar-refractivity contribution >= 4 is 22.8 Å². The predicted molar refractivity (Wildman–Crippen MR) is 178 cm³/mol. The highest BCUT2D eigenvalue weighted by atomic mass is 16.3. The Morgan fingerprint density at radius 1 is 0.500 bits per heavy atom. The number of aromatic nitrogens is 2. The average molecular weight is 587 g/mol. The molecule has 3 heterocycles. The molecular weight excluding hydrogens is 548 g/mol. The highest BCUT2D eigenvalue weighted by Crippen LogP contribution is 2.17. The van der Waals surface area contributed by atoms with Gasteiger partial charge in [0.05, 0.1) is 70.8 Å². The summed E-state index contributed by atoms with van der Waals surface area (Å²) < 4.78 is 0. The molecule has 4 bridgehead atoms. The lowest BCUT2D eigenvalue weighted by atomic mass is 10.1. The van der Waals surface area contributed by atoms with Gasteiger partial charge in [0, 0.05) is 0 Å². The number of pyridine rings is 2. The van der Waals surface area contributed by atoms with E-state index in [1.165, 1.54) is 0 Å². The van der Waals surface area contributed by atoms with E-state index in [1.54, 1.807) is 24.3 Å². The fraction of sp³-hybridized carbons (Fsp3) is 0.278. The van der Waals surface area contributed by atoms with Gasteiger partial charge < -0.3 is 10.2 Å². The Kier molecular flexibility index (Phi) is 9.69. The maximum absolute atomic E-state index is 9.76. The normalized spacial score (nSPS) is 17.8. The fourth-order valence-electron chi connectivity index (χ4n) is 5.11. The Bertz CT molecular complexity index is 1590. The number of phenolic OH excluding ortho intramolecular Hbond substituents is 2. The summed E-state index contributed by atoms with van der Waals surface area (Å²) in [6.45, 7) is 8.85. The van der Waals surface area contributed by atoms with E-state index in [0.29, 0.717) is 25.9 Å². The van der Waals surface area contributed by atoms with Crippen LogP contribution in [0, 0.1) is 0 Å². The molecular formula is C36H38N6O2. The van der Waals surface area contributed by atoms with Crippen molar-refractivity contribution in [1.82, 2.24) is 9.97 Å².